The van der Waals surface area contributed by atoms with Gasteiger partial charge in [-0.15, -0.1) is 0 Å². The van der Waals surface area contributed by atoms with E-state index in [0.29, 0.717) is 0 Å². The van der Waals surface area contributed by atoms with Crippen LogP contribution in [0.4, 0.5) is 0 Å². The number of hydrogen-bond acceptors (Lipinski definition) is 0. The zero-order valence-corrected chi connectivity index (χ0v) is 10.4. The molecule has 1 heteroatoms. The van der Waals surface area contributed by atoms with Gasteiger partial charge in [-0.3, -0.25) is 0 Å². The first-order valence-electron chi connectivity index (χ1n) is 5.45. The van der Waals surface area contributed by atoms with Crippen LogP contribution < -0.4 is 0 Å². The second-order valence-electron chi connectivity index (χ2n) is 4.58. The summed E-state index contributed by atoms with van der Waals surface area (Å²) in [5.74, 6) is 2.72. The zero-order chi connectivity index (χ0) is 9.68. The average molecular weight is 245 g/mol. The standard InChI is InChI=1S/C12H21Br/c1-10-7-11(2)9-12(8-10)5-3-4-6-13/h3,5,10-12H,4,6-9H2,1-2H3/b5-3+. The van der Waals surface area contributed by atoms with Crippen LogP contribution in [0.2, 0.25) is 0 Å². The van der Waals surface area contributed by atoms with Crippen molar-refractivity contribution >= 4 is 15.9 Å². The Labute approximate surface area is 90.9 Å². The van der Waals surface area contributed by atoms with Crippen LogP contribution >= 0.6 is 15.9 Å². The van der Waals surface area contributed by atoms with Gasteiger partial charge in [-0.05, 0) is 43.4 Å². The monoisotopic (exact) mass is 244 g/mol. The van der Waals surface area contributed by atoms with E-state index < -0.39 is 0 Å². The van der Waals surface area contributed by atoms with Crippen molar-refractivity contribution in [3.8, 4) is 0 Å². The van der Waals surface area contributed by atoms with Gasteiger partial charge in [0.05, 0.1) is 0 Å². The largest absolute Gasteiger partial charge is 0.0925 e. The number of allylic oxidation sites excluding steroid dienone is 2. The molecule has 1 saturated carbocycles. The van der Waals surface area contributed by atoms with E-state index in [1.165, 1.54) is 25.7 Å². The van der Waals surface area contributed by atoms with Gasteiger partial charge in [-0.25, -0.2) is 0 Å². The number of rotatable bonds is 3. The highest BCUT2D eigenvalue weighted by molar-refractivity contribution is 9.09. The number of alkyl halides is 1. The summed E-state index contributed by atoms with van der Waals surface area (Å²) in [6, 6.07) is 0. The average Bonchev–Trinajstić information content (AvgIpc) is 2.03. The first-order chi connectivity index (χ1) is 6.22. The third kappa shape index (κ3) is 4.30. The van der Waals surface area contributed by atoms with Crippen molar-refractivity contribution in [2.75, 3.05) is 5.33 Å². The van der Waals surface area contributed by atoms with Crippen LogP contribution in [0.15, 0.2) is 12.2 Å². The first-order valence-corrected chi connectivity index (χ1v) is 6.57. The fraction of sp³-hybridized carbons (Fsp3) is 0.833. The molecular weight excluding hydrogens is 224 g/mol. The molecule has 0 saturated heterocycles. The maximum Gasteiger partial charge on any atom is 0.00659 e. The SMILES string of the molecule is CC1CC(C)CC(/C=C/CCBr)C1. The Balaban J connectivity index is 2.32. The molecule has 0 aromatic carbocycles. The minimum Gasteiger partial charge on any atom is -0.0925 e. The van der Waals surface area contributed by atoms with E-state index in [1.54, 1.807) is 0 Å². The molecule has 0 heterocycles. The van der Waals surface area contributed by atoms with Crippen molar-refractivity contribution in [1.82, 2.24) is 0 Å². The fourth-order valence-electron chi connectivity index (χ4n) is 2.52. The lowest BCUT2D eigenvalue weighted by molar-refractivity contribution is 0.252. The minimum atomic E-state index is 0.859. The van der Waals surface area contributed by atoms with Gasteiger partial charge in [-0.1, -0.05) is 41.9 Å². The Morgan fingerprint density at radius 2 is 1.77 bits per heavy atom. The van der Waals surface area contributed by atoms with Gasteiger partial charge in [0.15, 0.2) is 0 Å². The maximum atomic E-state index is 3.45. The lowest BCUT2D eigenvalue weighted by Crippen LogP contribution is -2.17. The molecule has 0 aromatic heterocycles. The third-order valence-corrected chi connectivity index (χ3v) is 3.36. The molecule has 0 radical (unpaired) electrons. The van der Waals surface area contributed by atoms with Crippen LogP contribution in [0.25, 0.3) is 0 Å². The van der Waals surface area contributed by atoms with Crippen LogP contribution in [0.1, 0.15) is 39.5 Å². The van der Waals surface area contributed by atoms with Crippen LogP contribution in [-0.4, -0.2) is 5.33 Å². The first kappa shape index (κ1) is 11.3. The highest BCUT2D eigenvalue weighted by atomic mass is 79.9. The summed E-state index contributed by atoms with van der Waals surface area (Å²) in [7, 11) is 0. The third-order valence-electron chi connectivity index (χ3n) is 2.90. The predicted octanol–water partition coefficient (Wildman–Crippen LogP) is 4.40. The Kier molecular flexibility index (Phi) is 5.08. The molecule has 0 aromatic rings. The lowest BCUT2D eigenvalue weighted by atomic mass is 9.76. The molecule has 2 unspecified atom stereocenters. The van der Waals surface area contributed by atoms with Gasteiger partial charge in [0, 0.05) is 5.33 Å². The molecule has 0 bridgehead atoms. The van der Waals surface area contributed by atoms with Crippen molar-refractivity contribution in [1.29, 1.82) is 0 Å². The molecular formula is C12H21Br. The van der Waals surface area contributed by atoms with Crippen molar-refractivity contribution in [3.63, 3.8) is 0 Å². The molecule has 0 amide bonds. The van der Waals surface area contributed by atoms with E-state index in [-0.39, 0.29) is 0 Å². The molecule has 0 nitrogen and oxygen atoms in total. The maximum absolute atomic E-state index is 3.45. The van der Waals surface area contributed by atoms with Gasteiger partial charge in [-0.2, -0.15) is 0 Å². The van der Waals surface area contributed by atoms with Gasteiger partial charge >= 0.3 is 0 Å². The van der Waals surface area contributed by atoms with Crippen molar-refractivity contribution in [2.24, 2.45) is 17.8 Å². The molecule has 0 aliphatic heterocycles. The summed E-state index contributed by atoms with van der Waals surface area (Å²) in [6.45, 7) is 4.78. The minimum absolute atomic E-state index is 0.859. The summed E-state index contributed by atoms with van der Waals surface area (Å²) in [5, 5.41) is 1.10. The fourth-order valence-corrected chi connectivity index (χ4v) is 2.78. The van der Waals surface area contributed by atoms with E-state index in [4.69, 9.17) is 0 Å². The summed E-state index contributed by atoms with van der Waals surface area (Å²) < 4.78 is 0. The molecule has 0 N–H and O–H groups in total. The number of hydrogen-bond donors (Lipinski definition) is 0. The number of halogens is 1. The Morgan fingerprint density at radius 1 is 1.15 bits per heavy atom. The van der Waals surface area contributed by atoms with Crippen molar-refractivity contribution in [3.05, 3.63) is 12.2 Å². The van der Waals surface area contributed by atoms with E-state index in [1.807, 2.05) is 0 Å². The van der Waals surface area contributed by atoms with Gasteiger partial charge in [0.2, 0.25) is 0 Å². The second kappa shape index (κ2) is 5.85. The Morgan fingerprint density at radius 3 is 2.31 bits per heavy atom. The highest BCUT2D eigenvalue weighted by Gasteiger charge is 2.21. The summed E-state index contributed by atoms with van der Waals surface area (Å²) in [6.07, 6.45) is 10.2. The molecule has 1 rings (SSSR count). The quantitative estimate of drug-likeness (QED) is 0.510. The topological polar surface area (TPSA) is 0 Å². The van der Waals surface area contributed by atoms with Gasteiger partial charge in [0.1, 0.15) is 0 Å². The van der Waals surface area contributed by atoms with E-state index in [2.05, 4.69) is 41.9 Å². The summed E-state index contributed by atoms with van der Waals surface area (Å²) in [4.78, 5) is 0. The molecule has 0 spiro atoms. The Hall–Kier alpha value is 0.220. The predicted molar refractivity (Wildman–Crippen MR) is 63.2 cm³/mol. The van der Waals surface area contributed by atoms with Gasteiger partial charge < -0.3 is 0 Å². The van der Waals surface area contributed by atoms with Crippen LogP contribution in [0.3, 0.4) is 0 Å². The van der Waals surface area contributed by atoms with Gasteiger partial charge in [0.25, 0.3) is 0 Å². The Bertz CT molecular complexity index is 153. The van der Waals surface area contributed by atoms with E-state index >= 15 is 0 Å². The summed E-state index contributed by atoms with van der Waals surface area (Å²) >= 11 is 3.45. The normalized spacial score (nSPS) is 35.5. The van der Waals surface area contributed by atoms with Crippen LogP contribution in [0.5, 0.6) is 0 Å². The molecule has 1 fully saturated rings. The second-order valence-corrected chi connectivity index (χ2v) is 5.38. The smallest absolute Gasteiger partial charge is 0.00659 e. The lowest BCUT2D eigenvalue weighted by Gasteiger charge is -2.29. The zero-order valence-electron chi connectivity index (χ0n) is 8.80. The van der Waals surface area contributed by atoms with E-state index in [9.17, 15) is 0 Å². The van der Waals surface area contributed by atoms with Crippen molar-refractivity contribution < 1.29 is 0 Å². The molecule has 2 atom stereocenters. The van der Waals surface area contributed by atoms with Crippen molar-refractivity contribution in [2.45, 2.75) is 39.5 Å². The molecule has 13 heavy (non-hydrogen) atoms. The molecule has 76 valence electrons. The van der Waals surface area contributed by atoms with E-state index in [0.717, 1.165) is 23.1 Å². The highest BCUT2D eigenvalue weighted by Crippen LogP contribution is 2.33. The summed E-state index contributed by atoms with van der Waals surface area (Å²) in [5.41, 5.74) is 0. The molecule has 1 aliphatic carbocycles. The van der Waals surface area contributed by atoms with Crippen LogP contribution in [0, 0.1) is 17.8 Å². The molecule has 1 aliphatic rings. The van der Waals surface area contributed by atoms with Crippen LogP contribution in [-0.2, 0) is 0 Å².